The van der Waals surface area contributed by atoms with Gasteiger partial charge in [0.1, 0.15) is 0 Å². The van der Waals surface area contributed by atoms with E-state index in [9.17, 15) is 0 Å². The second-order valence-electron chi connectivity index (χ2n) is 6.10. The van der Waals surface area contributed by atoms with Crippen LogP contribution in [0.15, 0.2) is 24.0 Å². The van der Waals surface area contributed by atoms with E-state index in [0.29, 0.717) is 5.92 Å². The predicted molar refractivity (Wildman–Crippen MR) is 71.7 cm³/mol. The van der Waals surface area contributed by atoms with Crippen LogP contribution in [-0.2, 0) is 4.43 Å². The third-order valence-electron chi connectivity index (χ3n) is 3.53. The van der Waals surface area contributed by atoms with Crippen LogP contribution in [-0.4, -0.2) is 8.32 Å². The molecule has 0 heterocycles. The van der Waals surface area contributed by atoms with E-state index >= 15 is 0 Å². The summed E-state index contributed by atoms with van der Waals surface area (Å²) in [7, 11) is -1.45. The summed E-state index contributed by atoms with van der Waals surface area (Å²) < 4.78 is 6.28. The largest absolute Gasteiger partial charge is 0.547 e. The topological polar surface area (TPSA) is 9.23 Å². The molecule has 16 heavy (non-hydrogen) atoms. The van der Waals surface area contributed by atoms with E-state index in [1.165, 1.54) is 37.9 Å². The molecule has 1 fully saturated rings. The van der Waals surface area contributed by atoms with E-state index in [0.717, 1.165) is 5.92 Å². The van der Waals surface area contributed by atoms with Gasteiger partial charge in [0, 0.05) is 5.92 Å². The molecule has 2 rings (SSSR count). The molecule has 0 saturated heterocycles. The number of rotatable bonds is 2. The van der Waals surface area contributed by atoms with Crippen LogP contribution in [0, 0.1) is 11.8 Å². The molecule has 2 atom stereocenters. The number of fused-ring (bicyclic) bond motifs is 1. The summed E-state index contributed by atoms with van der Waals surface area (Å²) in [4.78, 5) is 0. The Morgan fingerprint density at radius 1 is 1.19 bits per heavy atom. The Bertz CT molecular complexity index is 298. The van der Waals surface area contributed by atoms with Crippen LogP contribution in [0.5, 0.6) is 0 Å². The van der Waals surface area contributed by atoms with Crippen molar-refractivity contribution in [2.75, 3.05) is 0 Å². The lowest BCUT2D eigenvalue weighted by molar-refractivity contribution is 0.211. The van der Waals surface area contributed by atoms with Crippen molar-refractivity contribution in [1.82, 2.24) is 0 Å². The average Bonchev–Trinajstić information content (AvgIpc) is 2.39. The van der Waals surface area contributed by atoms with Crippen molar-refractivity contribution in [3.63, 3.8) is 0 Å². The van der Waals surface area contributed by atoms with Crippen LogP contribution >= 0.6 is 0 Å². The van der Waals surface area contributed by atoms with E-state index in [4.69, 9.17) is 4.43 Å². The van der Waals surface area contributed by atoms with Crippen LogP contribution in [0.25, 0.3) is 0 Å². The molecule has 0 aromatic heterocycles. The molecular weight excluding hydrogens is 212 g/mol. The summed E-state index contributed by atoms with van der Waals surface area (Å²) in [5.74, 6) is 2.84. The van der Waals surface area contributed by atoms with Crippen molar-refractivity contribution in [1.29, 1.82) is 0 Å². The maximum Gasteiger partial charge on any atom is 0.241 e. The zero-order chi connectivity index (χ0) is 11.6. The molecule has 1 saturated carbocycles. The van der Waals surface area contributed by atoms with Gasteiger partial charge < -0.3 is 4.43 Å². The molecule has 0 amide bonds. The quantitative estimate of drug-likeness (QED) is 0.642. The highest BCUT2D eigenvalue weighted by atomic mass is 28.4. The van der Waals surface area contributed by atoms with Crippen molar-refractivity contribution in [2.45, 2.75) is 51.7 Å². The fourth-order valence-electron chi connectivity index (χ4n) is 2.87. The van der Waals surface area contributed by atoms with Gasteiger partial charge >= 0.3 is 0 Å². The summed E-state index contributed by atoms with van der Waals surface area (Å²) >= 11 is 0. The van der Waals surface area contributed by atoms with Gasteiger partial charge in [0.25, 0.3) is 0 Å². The van der Waals surface area contributed by atoms with Crippen molar-refractivity contribution in [2.24, 2.45) is 11.8 Å². The standard InChI is InChI=1S/C14H24OSi/c1-16(2,3)15-14-11-7-5-9-12-8-4-6-10-13(12)14/h5,7,11-13H,4,6,8-10H2,1-3H3. The zero-order valence-electron chi connectivity index (χ0n) is 10.8. The van der Waals surface area contributed by atoms with Gasteiger partial charge in [0.15, 0.2) is 0 Å². The first-order valence-corrected chi connectivity index (χ1v) is 10.0. The summed E-state index contributed by atoms with van der Waals surface area (Å²) in [5.41, 5.74) is 0. The first kappa shape index (κ1) is 12.0. The van der Waals surface area contributed by atoms with Gasteiger partial charge in [0.2, 0.25) is 8.32 Å². The van der Waals surface area contributed by atoms with Crippen LogP contribution < -0.4 is 0 Å². The highest BCUT2D eigenvalue weighted by molar-refractivity contribution is 6.70. The second kappa shape index (κ2) is 4.78. The Hall–Kier alpha value is -0.503. The first-order valence-electron chi connectivity index (χ1n) is 6.62. The molecular formula is C14H24OSi. The number of allylic oxidation sites excluding steroid dienone is 4. The fraction of sp³-hybridized carbons (Fsp3) is 0.714. The third-order valence-corrected chi connectivity index (χ3v) is 4.38. The Balaban J connectivity index is 2.13. The average molecular weight is 236 g/mol. The monoisotopic (exact) mass is 236 g/mol. The Kier molecular flexibility index (Phi) is 3.58. The SMILES string of the molecule is C[Si](C)(C)OC1=CC=CCC2CCCCC12. The zero-order valence-corrected chi connectivity index (χ0v) is 11.8. The molecule has 2 heteroatoms. The van der Waals surface area contributed by atoms with Crippen LogP contribution in [0.1, 0.15) is 32.1 Å². The Morgan fingerprint density at radius 3 is 2.69 bits per heavy atom. The van der Waals surface area contributed by atoms with E-state index in [2.05, 4.69) is 37.9 Å². The van der Waals surface area contributed by atoms with Gasteiger partial charge in [-0.2, -0.15) is 0 Å². The van der Waals surface area contributed by atoms with Crippen molar-refractivity contribution < 1.29 is 4.43 Å². The van der Waals surface area contributed by atoms with E-state index in [1.807, 2.05) is 0 Å². The maximum atomic E-state index is 6.28. The van der Waals surface area contributed by atoms with Crippen LogP contribution in [0.4, 0.5) is 0 Å². The minimum atomic E-state index is -1.45. The molecule has 0 bridgehead atoms. The van der Waals surface area contributed by atoms with E-state index in [1.54, 1.807) is 0 Å². The maximum absolute atomic E-state index is 6.28. The molecule has 0 radical (unpaired) electrons. The highest BCUT2D eigenvalue weighted by Crippen LogP contribution is 2.39. The molecule has 0 aromatic carbocycles. The van der Waals surface area contributed by atoms with Gasteiger partial charge in [-0.25, -0.2) is 0 Å². The molecule has 0 aliphatic heterocycles. The first-order chi connectivity index (χ1) is 7.56. The predicted octanol–water partition coefficient (Wildman–Crippen LogP) is 4.49. The minimum Gasteiger partial charge on any atom is -0.547 e. The van der Waals surface area contributed by atoms with Gasteiger partial charge in [0.05, 0.1) is 5.76 Å². The minimum absolute atomic E-state index is 0.704. The Labute approximate surface area is 101 Å². The lowest BCUT2D eigenvalue weighted by atomic mass is 9.77. The van der Waals surface area contributed by atoms with Crippen LogP contribution in [0.2, 0.25) is 19.6 Å². The van der Waals surface area contributed by atoms with E-state index < -0.39 is 8.32 Å². The second-order valence-corrected chi connectivity index (χ2v) is 10.5. The lowest BCUT2D eigenvalue weighted by Gasteiger charge is -2.34. The molecule has 0 aromatic rings. The highest BCUT2D eigenvalue weighted by Gasteiger charge is 2.31. The Morgan fingerprint density at radius 2 is 1.94 bits per heavy atom. The number of hydrogen-bond donors (Lipinski definition) is 0. The molecule has 0 N–H and O–H groups in total. The van der Waals surface area contributed by atoms with Gasteiger partial charge in [-0.1, -0.05) is 25.0 Å². The third kappa shape index (κ3) is 3.00. The van der Waals surface area contributed by atoms with Crippen molar-refractivity contribution in [3.05, 3.63) is 24.0 Å². The summed E-state index contributed by atoms with van der Waals surface area (Å²) in [6.07, 6.45) is 13.5. The summed E-state index contributed by atoms with van der Waals surface area (Å²) in [6, 6.07) is 0. The van der Waals surface area contributed by atoms with E-state index in [-0.39, 0.29) is 0 Å². The fourth-order valence-corrected chi connectivity index (χ4v) is 3.79. The molecule has 2 aliphatic rings. The van der Waals surface area contributed by atoms with Crippen molar-refractivity contribution in [3.8, 4) is 0 Å². The van der Waals surface area contributed by atoms with Gasteiger partial charge in [-0.15, -0.1) is 0 Å². The van der Waals surface area contributed by atoms with Crippen LogP contribution in [0.3, 0.4) is 0 Å². The number of hydrogen-bond acceptors (Lipinski definition) is 1. The van der Waals surface area contributed by atoms with Gasteiger partial charge in [-0.05, 0) is 50.9 Å². The summed E-state index contributed by atoms with van der Waals surface area (Å²) in [6.45, 7) is 6.83. The molecule has 90 valence electrons. The molecule has 0 spiro atoms. The normalized spacial score (nSPS) is 30.3. The van der Waals surface area contributed by atoms with Gasteiger partial charge in [-0.3, -0.25) is 0 Å². The summed E-state index contributed by atoms with van der Waals surface area (Å²) in [5, 5.41) is 0. The van der Waals surface area contributed by atoms with Crippen molar-refractivity contribution >= 4 is 8.32 Å². The molecule has 2 unspecified atom stereocenters. The molecule has 2 aliphatic carbocycles. The molecule has 1 nitrogen and oxygen atoms in total. The smallest absolute Gasteiger partial charge is 0.241 e. The lowest BCUT2D eigenvalue weighted by Crippen LogP contribution is -2.30.